The lowest BCUT2D eigenvalue weighted by Crippen LogP contribution is -2.37. The van der Waals surface area contributed by atoms with Gasteiger partial charge in [0.15, 0.2) is 0 Å². The van der Waals surface area contributed by atoms with E-state index in [1.165, 1.54) is 12.5 Å². The first-order chi connectivity index (χ1) is 6.24. The molecule has 1 fully saturated rings. The summed E-state index contributed by atoms with van der Waals surface area (Å²) in [6.07, 6.45) is 3.79. The maximum atomic E-state index is 11.1. The third-order valence-electron chi connectivity index (χ3n) is 2.14. The molecule has 0 bridgehead atoms. The lowest BCUT2D eigenvalue weighted by Gasteiger charge is -2.29. The number of amides is 1. The lowest BCUT2D eigenvalue weighted by molar-refractivity contribution is -0.127. The van der Waals surface area contributed by atoms with Crippen LogP contribution in [0.4, 0.5) is 0 Å². The average molecular weight is 183 g/mol. The molecule has 0 unspecified atom stereocenters. The summed E-state index contributed by atoms with van der Waals surface area (Å²) in [5.74, 6) is 0.740. The van der Waals surface area contributed by atoms with Gasteiger partial charge in [-0.25, -0.2) is 0 Å². The molecule has 1 amide bonds. The number of carbonyl (C=O) groups is 1. The van der Waals surface area contributed by atoms with Gasteiger partial charge >= 0.3 is 0 Å². The average Bonchev–Trinajstić information content (AvgIpc) is 2.20. The van der Waals surface area contributed by atoms with Crippen molar-refractivity contribution in [2.24, 2.45) is 5.92 Å². The van der Waals surface area contributed by atoms with E-state index >= 15 is 0 Å². The molecular weight excluding hydrogens is 162 g/mol. The van der Waals surface area contributed by atoms with Gasteiger partial charge in [-0.2, -0.15) is 0 Å². The highest BCUT2D eigenvalue weighted by Crippen LogP contribution is 2.15. The van der Waals surface area contributed by atoms with Crippen molar-refractivity contribution in [3.05, 3.63) is 12.7 Å². The van der Waals surface area contributed by atoms with Gasteiger partial charge in [-0.3, -0.25) is 4.79 Å². The zero-order valence-electron chi connectivity index (χ0n) is 9.05. The predicted octanol–water partition coefficient (Wildman–Crippen LogP) is 2.46. The van der Waals surface area contributed by atoms with Crippen LogP contribution in [0.25, 0.3) is 0 Å². The van der Waals surface area contributed by atoms with Gasteiger partial charge < -0.3 is 4.90 Å². The number of nitrogens with zero attached hydrogens (tertiary/aromatic N) is 1. The molecule has 76 valence electrons. The van der Waals surface area contributed by atoms with Crippen molar-refractivity contribution in [3.8, 4) is 0 Å². The maximum absolute atomic E-state index is 11.1. The van der Waals surface area contributed by atoms with Crippen LogP contribution in [0.3, 0.4) is 0 Å². The van der Waals surface area contributed by atoms with Gasteiger partial charge in [0.2, 0.25) is 5.91 Å². The van der Waals surface area contributed by atoms with Crippen LogP contribution >= 0.6 is 0 Å². The molecular formula is C11H21NO. The van der Waals surface area contributed by atoms with Crippen LogP contribution in [0.1, 0.15) is 33.6 Å². The molecule has 0 radical (unpaired) electrons. The third kappa shape index (κ3) is 4.11. The molecule has 1 rings (SSSR count). The zero-order chi connectivity index (χ0) is 10.3. The number of rotatable bonds is 1. The molecule has 0 N–H and O–H groups in total. The number of piperidine rings is 1. The highest BCUT2D eigenvalue weighted by Gasteiger charge is 2.18. The van der Waals surface area contributed by atoms with Crippen molar-refractivity contribution in [2.45, 2.75) is 33.6 Å². The standard InChI is InChI=1S/C9H15NO.C2H6/c1-3-9(11)10-6-4-5-8(2)7-10;1-2/h3,8H,1,4-7H2,2H3;1-2H3/t8-;/m0./s1. The van der Waals surface area contributed by atoms with Crippen LogP contribution in [0.5, 0.6) is 0 Å². The Morgan fingerprint density at radius 1 is 1.54 bits per heavy atom. The lowest BCUT2D eigenvalue weighted by atomic mass is 10.0. The van der Waals surface area contributed by atoms with E-state index in [0.717, 1.165) is 19.5 Å². The molecule has 13 heavy (non-hydrogen) atoms. The van der Waals surface area contributed by atoms with Gasteiger partial charge in [-0.15, -0.1) is 0 Å². The molecule has 2 heteroatoms. The number of hydrogen-bond donors (Lipinski definition) is 0. The third-order valence-corrected chi connectivity index (χ3v) is 2.14. The number of hydrogen-bond acceptors (Lipinski definition) is 1. The molecule has 0 spiro atoms. The first-order valence-electron chi connectivity index (χ1n) is 5.15. The topological polar surface area (TPSA) is 20.3 Å². The van der Waals surface area contributed by atoms with Crippen molar-refractivity contribution >= 4 is 5.91 Å². The minimum atomic E-state index is 0.0801. The van der Waals surface area contributed by atoms with Crippen LogP contribution < -0.4 is 0 Å². The molecule has 0 aromatic heterocycles. The smallest absolute Gasteiger partial charge is 0.245 e. The summed E-state index contributed by atoms with van der Waals surface area (Å²) in [5.41, 5.74) is 0. The molecule has 0 aromatic rings. The van der Waals surface area contributed by atoms with Crippen LogP contribution in [-0.4, -0.2) is 23.9 Å². The Labute approximate surface area is 81.6 Å². The summed E-state index contributed by atoms with van der Waals surface area (Å²) in [6.45, 7) is 11.5. The van der Waals surface area contributed by atoms with Gasteiger partial charge in [0.05, 0.1) is 0 Å². The summed E-state index contributed by atoms with van der Waals surface area (Å²) in [7, 11) is 0. The Bertz CT molecular complexity index is 165. The van der Waals surface area contributed by atoms with Gasteiger partial charge in [0.1, 0.15) is 0 Å². The van der Waals surface area contributed by atoms with E-state index in [-0.39, 0.29) is 5.91 Å². The summed E-state index contributed by atoms with van der Waals surface area (Å²) in [5, 5.41) is 0. The van der Waals surface area contributed by atoms with Crippen LogP contribution in [0.15, 0.2) is 12.7 Å². The molecule has 1 aliphatic rings. The van der Waals surface area contributed by atoms with E-state index in [1.54, 1.807) is 0 Å². The summed E-state index contributed by atoms with van der Waals surface area (Å²) >= 11 is 0. The largest absolute Gasteiger partial charge is 0.339 e. The highest BCUT2D eigenvalue weighted by atomic mass is 16.2. The van der Waals surface area contributed by atoms with Crippen LogP contribution in [-0.2, 0) is 4.79 Å². The SMILES string of the molecule is C=CC(=O)N1CCC[C@H](C)C1.CC. The maximum Gasteiger partial charge on any atom is 0.245 e. The Balaban J connectivity index is 0.000000671. The minimum Gasteiger partial charge on any atom is -0.339 e. The van der Waals surface area contributed by atoms with Crippen LogP contribution in [0.2, 0.25) is 0 Å². The second kappa shape index (κ2) is 6.70. The second-order valence-electron chi connectivity index (χ2n) is 3.24. The summed E-state index contributed by atoms with van der Waals surface area (Å²) < 4.78 is 0. The van der Waals surface area contributed by atoms with Gasteiger partial charge in [-0.05, 0) is 24.8 Å². The van der Waals surface area contributed by atoms with E-state index in [2.05, 4.69) is 13.5 Å². The molecule has 0 saturated carbocycles. The molecule has 1 heterocycles. The Morgan fingerprint density at radius 2 is 2.15 bits per heavy atom. The number of likely N-dealkylation sites (tertiary alicyclic amines) is 1. The van der Waals surface area contributed by atoms with Gasteiger partial charge in [-0.1, -0.05) is 27.4 Å². The second-order valence-corrected chi connectivity index (χ2v) is 3.24. The quantitative estimate of drug-likeness (QED) is 0.572. The van der Waals surface area contributed by atoms with Gasteiger partial charge in [0, 0.05) is 13.1 Å². The Kier molecular flexibility index (Phi) is 6.29. The normalized spacial score (nSPS) is 21.5. The molecule has 2 nitrogen and oxygen atoms in total. The Morgan fingerprint density at radius 3 is 2.62 bits per heavy atom. The van der Waals surface area contributed by atoms with Crippen molar-refractivity contribution in [1.82, 2.24) is 4.90 Å². The first-order valence-corrected chi connectivity index (χ1v) is 5.15. The minimum absolute atomic E-state index is 0.0801. The van der Waals surface area contributed by atoms with E-state index < -0.39 is 0 Å². The Hall–Kier alpha value is -0.790. The van der Waals surface area contributed by atoms with Crippen LogP contribution in [0, 0.1) is 5.92 Å². The van der Waals surface area contributed by atoms with E-state index in [9.17, 15) is 4.79 Å². The number of carbonyl (C=O) groups excluding carboxylic acids is 1. The van der Waals surface area contributed by atoms with Crippen molar-refractivity contribution in [2.75, 3.05) is 13.1 Å². The van der Waals surface area contributed by atoms with Crippen molar-refractivity contribution < 1.29 is 4.79 Å². The van der Waals surface area contributed by atoms with E-state index in [0.29, 0.717) is 5.92 Å². The fourth-order valence-electron chi connectivity index (χ4n) is 1.52. The fourth-order valence-corrected chi connectivity index (χ4v) is 1.52. The molecule has 1 saturated heterocycles. The molecule has 0 aromatic carbocycles. The molecule has 1 aliphatic heterocycles. The summed E-state index contributed by atoms with van der Waals surface area (Å²) in [6, 6.07) is 0. The highest BCUT2D eigenvalue weighted by molar-refractivity contribution is 5.87. The van der Waals surface area contributed by atoms with Crippen molar-refractivity contribution in [3.63, 3.8) is 0 Å². The first kappa shape index (κ1) is 12.2. The monoisotopic (exact) mass is 183 g/mol. The van der Waals surface area contributed by atoms with E-state index in [4.69, 9.17) is 0 Å². The van der Waals surface area contributed by atoms with E-state index in [1.807, 2.05) is 18.7 Å². The zero-order valence-corrected chi connectivity index (χ0v) is 9.05. The molecule has 0 aliphatic carbocycles. The van der Waals surface area contributed by atoms with Gasteiger partial charge in [0.25, 0.3) is 0 Å². The predicted molar refractivity (Wildman–Crippen MR) is 56.5 cm³/mol. The summed E-state index contributed by atoms with van der Waals surface area (Å²) in [4.78, 5) is 13.0. The fraction of sp³-hybridized carbons (Fsp3) is 0.727. The molecule has 1 atom stereocenters. The van der Waals surface area contributed by atoms with Crippen molar-refractivity contribution in [1.29, 1.82) is 0 Å².